The summed E-state index contributed by atoms with van der Waals surface area (Å²) >= 11 is 0. The normalized spacial score (nSPS) is 11.5. The lowest BCUT2D eigenvalue weighted by atomic mass is 10.1. The Morgan fingerprint density at radius 2 is 1.77 bits per heavy atom. The maximum absolute atomic E-state index is 12.4. The molecule has 3 aromatic carbocycles. The first kappa shape index (κ1) is 22.3. The van der Waals surface area contributed by atoms with E-state index in [-0.39, 0.29) is 6.54 Å². The Kier molecular flexibility index (Phi) is 7.25. The van der Waals surface area contributed by atoms with Crippen molar-refractivity contribution in [1.29, 1.82) is 0 Å². The quantitative estimate of drug-likeness (QED) is 0.408. The number of hydrogen-bond acceptors (Lipinski definition) is 5. The number of carbonyl (C=O) groups is 1. The van der Waals surface area contributed by atoms with Crippen LogP contribution >= 0.6 is 0 Å². The molecule has 0 atom stereocenters. The van der Waals surface area contributed by atoms with E-state index in [1.165, 1.54) is 6.21 Å². The third kappa shape index (κ3) is 6.05. The Morgan fingerprint density at radius 1 is 1.06 bits per heavy atom. The van der Waals surface area contributed by atoms with Gasteiger partial charge in [-0.25, -0.2) is 13.8 Å². The van der Waals surface area contributed by atoms with Gasteiger partial charge in [-0.15, -0.1) is 0 Å². The van der Waals surface area contributed by atoms with E-state index in [0.717, 1.165) is 39.1 Å². The van der Waals surface area contributed by atoms with Crippen LogP contribution in [0.4, 0.5) is 5.69 Å². The van der Waals surface area contributed by atoms with Crippen molar-refractivity contribution in [3.05, 3.63) is 72.3 Å². The minimum atomic E-state index is -3.69. The van der Waals surface area contributed by atoms with Crippen LogP contribution in [0.5, 0.6) is 5.75 Å². The number of hydrazone groups is 1. The van der Waals surface area contributed by atoms with Crippen molar-refractivity contribution in [1.82, 2.24) is 5.43 Å². The molecule has 1 amide bonds. The van der Waals surface area contributed by atoms with Crippen LogP contribution in [0.1, 0.15) is 18.9 Å². The second kappa shape index (κ2) is 10.1. The molecule has 0 spiro atoms. The van der Waals surface area contributed by atoms with E-state index in [1.807, 2.05) is 61.5 Å². The van der Waals surface area contributed by atoms with Gasteiger partial charge in [-0.3, -0.25) is 9.10 Å². The second-order valence-electron chi connectivity index (χ2n) is 6.98. The number of anilines is 1. The first-order valence-electron chi connectivity index (χ1n) is 9.88. The van der Waals surface area contributed by atoms with Crippen LogP contribution in [0.15, 0.2) is 71.8 Å². The van der Waals surface area contributed by atoms with E-state index < -0.39 is 15.9 Å². The first-order chi connectivity index (χ1) is 14.9. The largest absolute Gasteiger partial charge is 0.494 e. The number of hydrogen-bond donors (Lipinski definition) is 1. The van der Waals surface area contributed by atoms with E-state index >= 15 is 0 Å². The van der Waals surface area contributed by atoms with Crippen molar-refractivity contribution in [2.24, 2.45) is 5.10 Å². The lowest BCUT2D eigenvalue weighted by molar-refractivity contribution is -0.119. The number of amides is 1. The summed E-state index contributed by atoms with van der Waals surface area (Å²) in [6.45, 7) is 2.31. The molecule has 8 heteroatoms. The summed E-state index contributed by atoms with van der Waals surface area (Å²) in [4.78, 5) is 12.4. The van der Waals surface area contributed by atoms with Gasteiger partial charge in [0.05, 0.1) is 24.8 Å². The van der Waals surface area contributed by atoms with E-state index in [1.54, 1.807) is 12.1 Å². The zero-order chi connectivity index (χ0) is 22.3. The number of nitrogens with zero attached hydrogens (tertiary/aromatic N) is 2. The Morgan fingerprint density at radius 3 is 2.48 bits per heavy atom. The number of sulfonamides is 1. The summed E-state index contributed by atoms with van der Waals surface area (Å²) in [6, 6.07) is 20.0. The van der Waals surface area contributed by atoms with Crippen molar-refractivity contribution in [3.63, 3.8) is 0 Å². The van der Waals surface area contributed by atoms with Crippen molar-refractivity contribution in [2.45, 2.75) is 13.3 Å². The minimum absolute atomic E-state index is 0.381. The molecule has 0 heterocycles. The van der Waals surface area contributed by atoms with Gasteiger partial charge < -0.3 is 4.74 Å². The summed E-state index contributed by atoms with van der Waals surface area (Å²) in [5.41, 5.74) is 3.62. The molecule has 0 aliphatic carbocycles. The van der Waals surface area contributed by atoms with Gasteiger partial charge in [0, 0.05) is 5.39 Å². The average molecular weight is 440 g/mol. The summed E-state index contributed by atoms with van der Waals surface area (Å²) in [6.07, 6.45) is 3.50. The molecule has 0 bridgehead atoms. The van der Waals surface area contributed by atoms with Crippen molar-refractivity contribution >= 4 is 38.6 Å². The van der Waals surface area contributed by atoms with Gasteiger partial charge in [-0.05, 0) is 47.7 Å². The predicted octanol–water partition coefficient (Wildman–Crippen LogP) is 3.54. The molecule has 3 rings (SSSR count). The highest BCUT2D eigenvalue weighted by molar-refractivity contribution is 7.92. The summed E-state index contributed by atoms with van der Waals surface area (Å²) in [5, 5.41) is 5.57. The Balaban J connectivity index is 1.70. The van der Waals surface area contributed by atoms with Crippen LogP contribution in [0.2, 0.25) is 0 Å². The molecule has 0 aliphatic heterocycles. The van der Waals surface area contributed by atoms with Gasteiger partial charge in [0.15, 0.2) is 0 Å². The highest BCUT2D eigenvalue weighted by Gasteiger charge is 2.22. The molecule has 7 nitrogen and oxygen atoms in total. The Labute approximate surface area is 182 Å². The van der Waals surface area contributed by atoms with Crippen LogP contribution in [0, 0.1) is 0 Å². The zero-order valence-corrected chi connectivity index (χ0v) is 18.3. The molecule has 3 aromatic rings. The van der Waals surface area contributed by atoms with Crippen LogP contribution in [-0.4, -0.2) is 39.9 Å². The number of fused-ring (bicyclic) bond motifs is 1. The van der Waals surface area contributed by atoms with Gasteiger partial charge in [-0.2, -0.15) is 5.10 Å². The summed E-state index contributed by atoms with van der Waals surface area (Å²) in [5.74, 6) is 0.222. The molecule has 0 aliphatic rings. The topological polar surface area (TPSA) is 88.1 Å². The predicted molar refractivity (Wildman–Crippen MR) is 124 cm³/mol. The molecule has 0 fully saturated rings. The van der Waals surface area contributed by atoms with Gasteiger partial charge in [0.2, 0.25) is 10.0 Å². The van der Waals surface area contributed by atoms with Crippen LogP contribution in [0.3, 0.4) is 0 Å². The van der Waals surface area contributed by atoms with E-state index in [2.05, 4.69) is 10.5 Å². The van der Waals surface area contributed by atoms with Gasteiger partial charge in [0.1, 0.15) is 12.3 Å². The molecule has 0 radical (unpaired) electrons. The number of rotatable bonds is 9. The maximum atomic E-state index is 12.4. The Hall–Kier alpha value is -3.39. The molecule has 1 N–H and O–H groups in total. The van der Waals surface area contributed by atoms with E-state index in [9.17, 15) is 13.2 Å². The fourth-order valence-corrected chi connectivity index (χ4v) is 3.89. The smallest absolute Gasteiger partial charge is 0.260 e. The molecular formula is C23H25N3O4S. The maximum Gasteiger partial charge on any atom is 0.260 e. The number of benzene rings is 3. The van der Waals surface area contributed by atoms with Crippen molar-refractivity contribution in [3.8, 4) is 5.75 Å². The highest BCUT2D eigenvalue weighted by atomic mass is 32.2. The average Bonchev–Trinajstić information content (AvgIpc) is 2.76. The number of carbonyl (C=O) groups excluding carboxylic acids is 1. The van der Waals surface area contributed by atoms with Gasteiger partial charge in [0.25, 0.3) is 5.91 Å². The summed E-state index contributed by atoms with van der Waals surface area (Å²) < 4.78 is 31.4. The number of ether oxygens (including phenoxy) is 1. The molecule has 0 aromatic heterocycles. The lowest BCUT2D eigenvalue weighted by Crippen LogP contribution is -2.39. The molecule has 31 heavy (non-hydrogen) atoms. The van der Waals surface area contributed by atoms with Gasteiger partial charge >= 0.3 is 0 Å². The molecular weight excluding hydrogens is 414 g/mol. The van der Waals surface area contributed by atoms with Crippen LogP contribution in [-0.2, 0) is 14.8 Å². The molecule has 0 unspecified atom stereocenters. The highest BCUT2D eigenvalue weighted by Crippen LogP contribution is 2.28. The molecule has 0 saturated carbocycles. The van der Waals surface area contributed by atoms with Crippen LogP contribution in [0.25, 0.3) is 10.8 Å². The van der Waals surface area contributed by atoms with Crippen LogP contribution < -0.4 is 14.5 Å². The second-order valence-corrected chi connectivity index (χ2v) is 8.89. The lowest BCUT2D eigenvalue weighted by Gasteiger charge is -2.23. The van der Waals surface area contributed by atoms with E-state index in [0.29, 0.717) is 12.3 Å². The number of nitrogens with one attached hydrogen (secondary N) is 1. The third-order valence-electron chi connectivity index (χ3n) is 4.48. The zero-order valence-electron chi connectivity index (χ0n) is 17.5. The monoisotopic (exact) mass is 439 g/mol. The standard InChI is InChI=1S/C23H25N3O4S/c1-3-15-30-20-13-11-18(12-14-20)16-24-25-23(27)17-26(31(2,28)29)22-10-6-8-19-7-4-5-9-21(19)22/h4-14,16H,3,15,17H2,1-2H3,(H,25,27)/b24-16-. The molecule has 0 saturated heterocycles. The van der Waals surface area contributed by atoms with Gasteiger partial charge in [-0.1, -0.05) is 43.3 Å². The van der Waals surface area contributed by atoms with Crippen molar-refractivity contribution in [2.75, 3.05) is 23.7 Å². The summed E-state index contributed by atoms with van der Waals surface area (Å²) in [7, 11) is -3.69. The Bertz CT molecular complexity index is 1170. The van der Waals surface area contributed by atoms with E-state index in [4.69, 9.17) is 4.74 Å². The SMILES string of the molecule is CCCOc1ccc(/C=N\NC(=O)CN(c2cccc3ccccc23)S(C)(=O)=O)cc1. The fraction of sp³-hybridized carbons (Fsp3) is 0.217. The fourth-order valence-electron chi connectivity index (χ4n) is 3.02. The van der Waals surface area contributed by atoms with Crippen molar-refractivity contribution < 1.29 is 17.9 Å². The first-order valence-corrected chi connectivity index (χ1v) is 11.7. The minimum Gasteiger partial charge on any atom is -0.494 e. The third-order valence-corrected chi connectivity index (χ3v) is 5.61. The molecule has 162 valence electrons.